The maximum atomic E-state index is 12.4. The zero-order chi connectivity index (χ0) is 14.7. The number of rotatable bonds is 3. The number of carbonyl (C=O) groups is 1. The Kier molecular flexibility index (Phi) is 3.47. The van der Waals surface area contributed by atoms with E-state index in [1.54, 1.807) is 31.6 Å². The van der Waals surface area contributed by atoms with E-state index in [-0.39, 0.29) is 5.91 Å². The number of anilines is 2. The highest BCUT2D eigenvalue weighted by Crippen LogP contribution is 2.22. The van der Waals surface area contributed by atoms with Crippen LogP contribution < -0.4 is 10.6 Å². The number of benzene rings is 1. The molecule has 0 bridgehead atoms. The second kappa shape index (κ2) is 5.58. The van der Waals surface area contributed by atoms with Gasteiger partial charge >= 0.3 is 0 Å². The highest BCUT2D eigenvalue weighted by molar-refractivity contribution is 6.10. The quantitative estimate of drug-likeness (QED) is 0.773. The number of pyridine rings is 2. The van der Waals surface area contributed by atoms with Gasteiger partial charge in [-0.05, 0) is 36.4 Å². The molecule has 2 heterocycles. The summed E-state index contributed by atoms with van der Waals surface area (Å²) in [7, 11) is 1.74. The number of aromatic nitrogens is 2. The molecule has 5 nitrogen and oxygen atoms in total. The molecule has 1 aromatic carbocycles. The van der Waals surface area contributed by atoms with E-state index in [0.717, 1.165) is 16.6 Å². The van der Waals surface area contributed by atoms with Gasteiger partial charge in [0, 0.05) is 24.8 Å². The first-order chi connectivity index (χ1) is 10.3. The maximum absolute atomic E-state index is 12.4. The number of carbonyl (C=O) groups excluding carboxylic acids is 1. The van der Waals surface area contributed by atoms with E-state index in [4.69, 9.17) is 0 Å². The van der Waals surface area contributed by atoms with E-state index in [1.165, 1.54) is 0 Å². The van der Waals surface area contributed by atoms with Gasteiger partial charge in [-0.15, -0.1) is 0 Å². The molecule has 2 N–H and O–H groups in total. The predicted molar refractivity (Wildman–Crippen MR) is 83.5 cm³/mol. The molecule has 0 aliphatic carbocycles. The van der Waals surface area contributed by atoms with Gasteiger partial charge in [0.2, 0.25) is 0 Å². The van der Waals surface area contributed by atoms with Gasteiger partial charge in [-0.1, -0.05) is 6.07 Å². The third kappa shape index (κ3) is 2.53. The first-order valence-corrected chi connectivity index (χ1v) is 6.57. The average Bonchev–Trinajstić information content (AvgIpc) is 2.55. The lowest BCUT2D eigenvalue weighted by Crippen LogP contribution is -2.14. The molecule has 5 heteroatoms. The fraction of sp³-hybridized carbons (Fsp3) is 0.0625. The summed E-state index contributed by atoms with van der Waals surface area (Å²) in [5.74, 6) is 0.345. The predicted octanol–water partition coefficient (Wildman–Crippen LogP) is 2.92. The molecule has 2 aromatic heterocycles. The Morgan fingerprint density at radius 2 is 1.81 bits per heavy atom. The monoisotopic (exact) mass is 278 g/mol. The Morgan fingerprint density at radius 3 is 2.67 bits per heavy atom. The number of amides is 1. The molecule has 0 fully saturated rings. The summed E-state index contributed by atoms with van der Waals surface area (Å²) >= 11 is 0. The highest BCUT2D eigenvalue weighted by Gasteiger charge is 2.12. The van der Waals surface area contributed by atoms with Crippen molar-refractivity contribution in [3.05, 3.63) is 60.4 Å². The van der Waals surface area contributed by atoms with Crippen molar-refractivity contribution in [3.63, 3.8) is 0 Å². The van der Waals surface area contributed by atoms with Crippen LogP contribution in [0.3, 0.4) is 0 Å². The van der Waals surface area contributed by atoms with Crippen molar-refractivity contribution in [1.29, 1.82) is 0 Å². The Morgan fingerprint density at radius 1 is 1.00 bits per heavy atom. The standard InChI is InChI=1S/C16H14N4O/c1-17-15-12(6-4-10-19-15)16(21)20-14-8-2-7-13-11(14)5-3-9-18-13/h2-10H,1H3,(H,17,19)(H,20,21). The Bertz CT molecular complexity index is 796. The average molecular weight is 278 g/mol. The van der Waals surface area contributed by atoms with Crippen LogP contribution in [0.4, 0.5) is 11.5 Å². The summed E-state index contributed by atoms with van der Waals surface area (Å²) in [5.41, 5.74) is 2.08. The van der Waals surface area contributed by atoms with E-state index >= 15 is 0 Å². The van der Waals surface area contributed by atoms with Gasteiger partial charge in [0.25, 0.3) is 5.91 Å². The largest absolute Gasteiger partial charge is 0.372 e. The van der Waals surface area contributed by atoms with E-state index in [1.807, 2.05) is 30.3 Å². The van der Waals surface area contributed by atoms with Crippen LogP contribution in [-0.2, 0) is 0 Å². The summed E-state index contributed by atoms with van der Waals surface area (Å²) in [6, 6.07) is 12.9. The maximum Gasteiger partial charge on any atom is 0.259 e. The molecule has 0 aliphatic heterocycles. The number of fused-ring (bicyclic) bond motifs is 1. The SMILES string of the molecule is CNc1ncccc1C(=O)Nc1cccc2ncccc12. The van der Waals surface area contributed by atoms with Crippen LogP contribution in [0.15, 0.2) is 54.9 Å². The van der Waals surface area contributed by atoms with Crippen molar-refractivity contribution in [3.8, 4) is 0 Å². The van der Waals surface area contributed by atoms with Crippen molar-refractivity contribution < 1.29 is 4.79 Å². The van der Waals surface area contributed by atoms with Crippen LogP contribution in [0.5, 0.6) is 0 Å². The Balaban J connectivity index is 1.97. The minimum atomic E-state index is -0.205. The Labute approximate surface area is 122 Å². The highest BCUT2D eigenvalue weighted by atomic mass is 16.1. The van der Waals surface area contributed by atoms with Gasteiger partial charge in [-0.25, -0.2) is 4.98 Å². The normalized spacial score (nSPS) is 10.3. The zero-order valence-corrected chi connectivity index (χ0v) is 11.5. The van der Waals surface area contributed by atoms with Crippen molar-refractivity contribution in [1.82, 2.24) is 9.97 Å². The first kappa shape index (κ1) is 13.1. The van der Waals surface area contributed by atoms with E-state index in [9.17, 15) is 4.79 Å². The van der Waals surface area contributed by atoms with Gasteiger partial charge in [-0.2, -0.15) is 0 Å². The van der Waals surface area contributed by atoms with Gasteiger partial charge in [0.15, 0.2) is 0 Å². The molecule has 21 heavy (non-hydrogen) atoms. The topological polar surface area (TPSA) is 66.9 Å². The molecule has 0 aliphatic rings. The van der Waals surface area contributed by atoms with Crippen LogP contribution in [0.1, 0.15) is 10.4 Å². The smallest absolute Gasteiger partial charge is 0.259 e. The molecule has 0 saturated heterocycles. The minimum Gasteiger partial charge on any atom is -0.372 e. The van der Waals surface area contributed by atoms with Gasteiger partial charge in [0.1, 0.15) is 5.82 Å². The summed E-state index contributed by atoms with van der Waals surface area (Å²) in [4.78, 5) is 20.8. The second-order valence-electron chi connectivity index (χ2n) is 4.48. The van der Waals surface area contributed by atoms with E-state index in [2.05, 4.69) is 20.6 Å². The molecule has 104 valence electrons. The van der Waals surface area contributed by atoms with Crippen molar-refractivity contribution in [2.45, 2.75) is 0 Å². The molecular weight excluding hydrogens is 264 g/mol. The third-order valence-corrected chi connectivity index (χ3v) is 3.18. The fourth-order valence-corrected chi connectivity index (χ4v) is 2.19. The van der Waals surface area contributed by atoms with Crippen molar-refractivity contribution in [2.75, 3.05) is 17.7 Å². The molecule has 1 amide bonds. The van der Waals surface area contributed by atoms with Crippen LogP contribution in [0, 0.1) is 0 Å². The molecule has 3 rings (SSSR count). The zero-order valence-electron chi connectivity index (χ0n) is 11.5. The molecular formula is C16H14N4O. The summed E-state index contributed by atoms with van der Waals surface area (Å²) in [6.07, 6.45) is 3.37. The summed E-state index contributed by atoms with van der Waals surface area (Å²) in [5, 5.41) is 6.74. The van der Waals surface area contributed by atoms with Crippen LogP contribution in [0.25, 0.3) is 10.9 Å². The molecule has 0 unspecified atom stereocenters. The summed E-state index contributed by atoms with van der Waals surface area (Å²) in [6.45, 7) is 0. The van der Waals surface area contributed by atoms with Crippen molar-refractivity contribution in [2.24, 2.45) is 0 Å². The lowest BCUT2D eigenvalue weighted by atomic mass is 10.1. The number of nitrogens with zero attached hydrogens (tertiary/aromatic N) is 2. The van der Waals surface area contributed by atoms with E-state index in [0.29, 0.717) is 11.4 Å². The number of nitrogens with one attached hydrogen (secondary N) is 2. The molecule has 0 radical (unpaired) electrons. The second-order valence-corrected chi connectivity index (χ2v) is 4.48. The first-order valence-electron chi connectivity index (χ1n) is 6.57. The van der Waals surface area contributed by atoms with Gasteiger partial charge in [0.05, 0.1) is 16.8 Å². The molecule has 0 saturated carbocycles. The fourth-order valence-electron chi connectivity index (χ4n) is 2.19. The van der Waals surface area contributed by atoms with Crippen LogP contribution in [0.2, 0.25) is 0 Å². The molecule has 0 spiro atoms. The van der Waals surface area contributed by atoms with Gasteiger partial charge in [-0.3, -0.25) is 9.78 Å². The number of hydrogen-bond acceptors (Lipinski definition) is 4. The third-order valence-electron chi connectivity index (χ3n) is 3.18. The molecule has 3 aromatic rings. The lowest BCUT2D eigenvalue weighted by molar-refractivity contribution is 0.102. The lowest BCUT2D eigenvalue weighted by Gasteiger charge is -2.10. The van der Waals surface area contributed by atoms with E-state index < -0.39 is 0 Å². The Hall–Kier alpha value is -2.95. The number of hydrogen-bond donors (Lipinski definition) is 2. The van der Waals surface area contributed by atoms with Crippen LogP contribution >= 0.6 is 0 Å². The van der Waals surface area contributed by atoms with Crippen LogP contribution in [-0.4, -0.2) is 22.9 Å². The van der Waals surface area contributed by atoms with Crippen molar-refractivity contribution >= 4 is 28.3 Å². The molecule has 0 atom stereocenters. The summed E-state index contributed by atoms with van der Waals surface area (Å²) < 4.78 is 0. The minimum absolute atomic E-state index is 0.205. The van der Waals surface area contributed by atoms with Gasteiger partial charge < -0.3 is 10.6 Å².